The Balaban J connectivity index is 2.28. The first-order valence-electron chi connectivity index (χ1n) is 5.51. The Morgan fingerprint density at radius 3 is 2.67 bits per heavy atom. The minimum Gasteiger partial charge on any atom is -0.387 e. The highest BCUT2D eigenvalue weighted by molar-refractivity contribution is 5.76. The fraction of sp³-hybridized carbons (Fsp3) is 0.909. The van der Waals surface area contributed by atoms with E-state index in [2.05, 4.69) is 10.6 Å². The van der Waals surface area contributed by atoms with Crippen LogP contribution in [0.5, 0.6) is 0 Å². The first-order chi connectivity index (χ1) is 6.81. The zero-order chi connectivity index (χ0) is 11.5. The van der Waals surface area contributed by atoms with Crippen molar-refractivity contribution >= 4 is 5.91 Å². The van der Waals surface area contributed by atoms with E-state index >= 15 is 0 Å². The lowest BCUT2D eigenvalue weighted by atomic mass is 9.92. The van der Waals surface area contributed by atoms with E-state index < -0.39 is 5.60 Å². The number of β-amino-alcohol motifs (C(OH)–C–C–N with tert-alkyl or cyclic N) is 1. The highest BCUT2D eigenvalue weighted by Gasteiger charge is 2.31. The molecule has 1 saturated heterocycles. The van der Waals surface area contributed by atoms with E-state index in [-0.39, 0.29) is 11.3 Å². The monoisotopic (exact) mass is 214 g/mol. The molecule has 0 radical (unpaired) electrons. The van der Waals surface area contributed by atoms with Crippen molar-refractivity contribution in [2.45, 2.75) is 39.2 Å². The largest absolute Gasteiger partial charge is 0.387 e. The van der Waals surface area contributed by atoms with Crippen molar-refractivity contribution < 1.29 is 9.90 Å². The summed E-state index contributed by atoms with van der Waals surface area (Å²) in [4.78, 5) is 11.5. The second kappa shape index (κ2) is 4.49. The van der Waals surface area contributed by atoms with Gasteiger partial charge < -0.3 is 15.7 Å². The topological polar surface area (TPSA) is 61.4 Å². The number of amides is 1. The fourth-order valence-electron chi connectivity index (χ4n) is 1.69. The van der Waals surface area contributed by atoms with Crippen molar-refractivity contribution in [3.63, 3.8) is 0 Å². The van der Waals surface area contributed by atoms with Crippen LogP contribution in [-0.4, -0.2) is 36.2 Å². The number of carbonyl (C=O) groups is 1. The maximum atomic E-state index is 11.5. The standard InChI is InChI=1S/C11H22N2O2/c1-10(2,3)6-9(14)13-8-11(15)4-5-12-7-11/h12,15H,4-8H2,1-3H3,(H,13,14). The maximum Gasteiger partial charge on any atom is 0.220 e. The summed E-state index contributed by atoms with van der Waals surface area (Å²) in [5.74, 6) is 0.0165. The molecule has 1 unspecified atom stereocenters. The predicted octanol–water partition coefficient (Wildman–Crippen LogP) is 0.263. The minimum atomic E-state index is -0.743. The van der Waals surface area contributed by atoms with E-state index in [1.54, 1.807) is 0 Å². The van der Waals surface area contributed by atoms with Crippen molar-refractivity contribution in [3.05, 3.63) is 0 Å². The van der Waals surface area contributed by atoms with Crippen LogP contribution in [0.3, 0.4) is 0 Å². The lowest BCUT2D eigenvalue weighted by molar-refractivity contribution is -0.123. The molecule has 4 nitrogen and oxygen atoms in total. The van der Waals surface area contributed by atoms with Gasteiger partial charge >= 0.3 is 0 Å². The molecular weight excluding hydrogens is 192 g/mol. The molecule has 0 spiro atoms. The van der Waals surface area contributed by atoms with Gasteiger partial charge in [0, 0.05) is 19.5 Å². The van der Waals surface area contributed by atoms with Crippen molar-refractivity contribution in [1.82, 2.24) is 10.6 Å². The predicted molar refractivity (Wildman–Crippen MR) is 59.5 cm³/mol. The number of rotatable bonds is 3. The van der Waals surface area contributed by atoms with Gasteiger partial charge in [-0.1, -0.05) is 20.8 Å². The highest BCUT2D eigenvalue weighted by atomic mass is 16.3. The first kappa shape index (κ1) is 12.5. The molecule has 0 aromatic rings. The minimum absolute atomic E-state index is 0.000623. The number of carbonyl (C=O) groups excluding carboxylic acids is 1. The summed E-state index contributed by atoms with van der Waals surface area (Å²) >= 11 is 0. The molecule has 88 valence electrons. The Kier molecular flexibility index (Phi) is 3.73. The molecule has 4 heteroatoms. The van der Waals surface area contributed by atoms with E-state index in [1.165, 1.54) is 0 Å². The van der Waals surface area contributed by atoms with Crippen molar-refractivity contribution in [3.8, 4) is 0 Å². The third-order valence-corrected chi connectivity index (χ3v) is 2.53. The molecule has 0 aromatic carbocycles. The van der Waals surface area contributed by atoms with Crippen LogP contribution in [0.25, 0.3) is 0 Å². The van der Waals surface area contributed by atoms with Gasteiger partial charge in [0.1, 0.15) is 0 Å². The van der Waals surface area contributed by atoms with E-state index in [9.17, 15) is 9.90 Å². The highest BCUT2D eigenvalue weighted by Crippen LogP contribution is 2.18. The molecule has 1 heterocycles. The molecule has 1 atom stereocenters. The van der Waals surface area contributed by atoms with Gasteiger partial charge in [-0.05, 0) is 18.4 Å². The molecule has 1 aliphatic heterocycles. The molecule has 15 heavy (non-hydrogen) atoms. The summed E-state index contributed by atoms with van der Waals surface area (Å²) in [6, 6.07) is 0. The summed E-state index contributed by atoms with van der Waals surface area (Å²) in [5.41, 5.74) is -0.742. The first-order valence-corrected chi connectivity index (χ1v) is 5.51. The molecule has 0 saturated carbocycles. The van der Waals surface area contributed by atoms with E-state index in [0.717, 1.165) is 6.54 Å². The zero-order valence-electron chi connectivity index (χ0n) is 9.89. The number of hydrogen-bond acceptors (Lipinski definition) is 3. The third kappa shape index (κ3) is 4.62. The van der Waals surface area contributed by atoms with Crippen LogP contribution in [-0.2, 0) is 4.79 Å². The quantitative estimate of drug-likeness (QED) is 0.631. The van der Waals surface area contributed by atoms with Crippen LogP contribution >= 0.6 is 0 Å². The summed E-state index contributed by atoms with van der Waals surface area (Å²) in [7, 11) is 0. The second-order valence-electron chi connectivity index (χ2n) is 5.67. The second-order valence-corrected chi connectivity index (χ2v) is 5.67. The Morgan fingerprint density at radius 2 is 2.20 bits per heavy atom. The summed E-state index contributed by atoms with van der Waals surface area (Å²) in [6.07, 6.45) is 1.21. The van der Waals surface area contributed by atoms with E-state index in [4.69, 9.17) is 0 Å². The average Bonchev–Trinajstić information content (AvgIpc) is 2.47. The van der Waals surface area contributed by atoms with Gasteiger partial charge in [0.2, 0.25) is 5.91 Å². The molecule has 0 aliphatic carbocycles. The van der Waals surface area contributed by atoms with Crippen LogP contribution in [0.4, 0.5) is 0 Å². The lowest BCUT2D eigenvalue weighted by Crippen LogP contribution is -2.45. The van der Waals surface area contributed by atoms with Gasteiger partial charge in [-0.2, -0.15) is 0 Å². The van der Waals surface area contributed by atoms with Gasteiger partial charge in [-0.25, -0.2) is 0 Å². The molecule has 3 N–H and O–H groups in total. The van der Waals surface area contributed by atoms with Gasteiger partial charge in [0.05, 0.1) is 5.60 Å². The molecule has 0 bridgehead atoms. The van der Waals surface area contributed by atoms with Crippen molar-refractivity contribution in [1.29, 1.82) is 0 Å². The maximum absolute atomic E-state index is 11.5. The van der Waals surface area contributed by atoms with Gasteiger partial charge in [-0.15, -0.1) is 0 Å². The molecular formula is C11H22N2O2. The Hall–Kier alpha value is -0.610. The van der Waals surface area contributed by atoms with E-state index in [0.29, 0.717) is 25.9 Å². The molecule has 1 fully saturated rings. The zero-order valence-corrected chi connectivity index (χ0v) is 9.89. The molecule has 1 aliphatic rings. The summed E-state index contributed by atoms with van der Waals surface area (Å²) in [5, 5.41) is 15.8. The van der Waals surface area contributed by atoms with Gasteiger partial charge in [-0.3, -0.25) is 4.79 Å². The van der Waals surface area contributed by atoms with Gasteiger partial charge in [0.15, 0.2) is 0 Å². The third-order valence-electron chi connectivity index (χ3n) is 2.53. The van der Waals surface area contributed by atoms with Crippen molar-refractivity contribution in [2.75, 3.05) is 19.6 Å². The van der Waals surface area contributed by atoms with Crippen LogP contribution in [0.2, 0.25) is 0 Å². The van der Waals surface area contributed by atoms with Crippen molar-refractivity contribution in [2.24, 2.45) is 5.41 Å². The van der Waals surface area contributed by atoms with Crippen LogP contribution in [0.1, 0.15) is 33.6 Å². The lowest BCUT2D eigenvalue weighted by Gasteiger charge is -2.23. The smallest absolute Gasteiger partial charge is 0.220 e. The van der Waals surface area contributed by atoms with Crippen LogP contribution in [0.15, 0.2) is 0 Å². The summed E-state index contributed by atoms with van der Waals surface area (Å²) < 4.78 is 0. The Bertz CT molecular complexity index is 227. The normalized spacial score (nSPS) is 26.7. The number of hydrogen-bond donors (Lipinski definition) is 3. The summed E-state index contributed by atoms with van der Waals surface area (Å²) in [6.45, 7) is 7.83. The van der Waals surface area contributed by atoms with Gasteiger partial charge in [0.25, 0.3) is 0 Å². The number of nitrogens with one attached hydrogen (secondary N) is 2. The van der Waals surface area contributed by atoms with E-state index in [1.807, 2.05) is 20.8 Å². The average molecular weight is 214 g/mol. The molecule has 1 amide bonds. The molecule has 1 rings (SSSR count). The van der Waals surface area contributed by atoms with Crippen LogP contribution < -0.4 is 10.6 Å². The Morgan fingerprint density at radius 1 is 1.53 bits per heavy atom. The molecule has 0 aromatic heterocycles. The fourth-order valence-corrected chi connectivity index (χ4v) is 1.69. The Labute approximate surface area is 91.4 Å². The van der Waals surface area contributed by atoms with Crippen LogP contribution in [0, 0.1) is 5.41 Å². The SMILES string of the molecule is CC(C)(C)CC(=O)NCC1(O)CCNC1. The number of aliphatic hydroxyl groups is 1.